The Balaban J connectivity index is 1.56. The average Bonchev–Trinajstić information content (AvgIpc) is 2.82. The maximum atomic E-state index is 11.8. The van der Waals surface area contributed by atoms with E-state index in [0.29, 0.717) is 17.3 Å². The molecule has 4 aliphatic carbocycles. The highest BCUT2D eigenvalue weighted by Gasteiger charge is 2.57. The highest BCUT2D eigenvalue weighted by Crippen LogP contribution is 2.62. The van der Waals surface area contributed by atoms with Crippen molar-refractivity contribution in [3.05, 3.63) is 11.6 Å². The van der Waals surface area contributed by atoms with Gasteiger partial charge in [-0.2, -0.15) is 0 Å². The molecule has 3 saturated carbocycles. The monoisotopic (exact) mass is 346 g/mol. The average molecular weight is 347 g/mol. The van der Waals surface area contributed by atoms with Gasteiger partial charge in [0.1, 0.15) is 0 Å². The maximum absolute atomic E-state index is 11.8. The van der Waals surface area contributed by atoms with E-state index in [0.717, 1.165) is 36.5 Å². The van der Waals surface area contributed by atoms with Crippen LogP contribution >= 0.6 is 0 Å². The smallest absolute Gasteiger partial charge is 0.184 e. The number of hydrogen-bond donors (Lipinski definition) is 0. The van der Waals surface area contributed by atoms with E-state index in [9.17, 15) is 4.79 Å². The van der Waals surface area contributed by atoms with Crippen molar-refractivity contribution in [1.82, 2.24) is 0 Å². The zero-order valence-corrected chi connectivity index (χ0v) is 16.9. The van der Waals surface area contributed by atoms with Gasteiger partial charge in [0, 0.05) is 6.42 Å². The van der Waals surface area contributed by atoms with Crippen LogP contribution in [0.4, 0.5) is 0 Å². The molecule has 0 saturated heterocycles. The summed E-state index contributed by atoms with van der Waals surface area (Å²) >= 11 is 0. The van der Waals surface area contributed by atoms with Crippen molar-refractivity contribution in [1.29, 1.82) is 0 Å². The molecule has 3 fully saturated rings. The lowest BCUT2D eigenvalue weighted by atomic mass is 9.52. The van der Waals surface area contributed by atoms with Gasteiger partial charge >= 0.3 is 0 Å². The second-order valence-corrected chi connectivity index (χ2v) is 14.6. The van der Waals surface area contributed by atoms with E-state index in [1.807, 2.05) is 6.08 Å². The summed E-state index contributed by atoms with van der Waals surface area (Å²) in [5.74, 6) is 3.70. The standard InChI is InChI=1S/C21H34O2Si/c1-21-12-11-17-16-8-6-15(22)13-14(16)5-7-18(17)19(21)9-10-20(21)23-24(2,3)4/h13,16-20H,5-12H2,1-4H3. The molecule has 0 amide bonds. The van der Waals surface area contributed by atoms with E-state index >= 15 is 0 Å². The molecule has 4 aliphatic rings. The number of fused-ring (bicyclic) bond motifs is 5. The first kappa shape index (κ1) is 17.0. The SMILES string of the molecule is CC12CCC3C4CCC(=O)C=C4CCC3C1CCC2O[Si](C)(C)C. The summed E-state index contributed by atoms with van der Waals surface area (Å²) in [7, 11) is -1.47. The molecule has 0 aromatic heterocycles. The molecule has 0 spiro atoms. The molecule has 0 aliphatic heterocycles. The van der Waals surface area contributed by atoms with Crippen molar-refractivity contribution in [2.75, 3.05) is 0 Å². The summed E-state index contributed by atoms with van der Waals surface area (Å²) in [6.45, 7) is 9.56. The number of allylic oxidation sites excluding steroid dienone is 1. The third kappa shape index (κ3) is 2.76. The van der Waals surface area contributed by atoms with Crippen LogP contribution in [0.3, 0.4) is 0 Å². The molecule has 0 bridgehead atoms. The fourth-order valence-electron chi connectivity index (χ4n) is 6.75. The lowest BCUT2D eigenvalue weighted by Crippen LogP contribution is -2.49. The summed E-state index contributed by atoms with van der Waals surface area (Å²) in [5, 5.41) is 0. The Hall–Kier alpha value is -0.413. The molecule has 0 heterocycles. The van der Waals surface area contributed by atoms with E-state index in [1.165, 1.54) is 44.1 Å². The zero-order chi connectivity index (χ0) is 17.1. The molecular formula is C21H34O2Si. The fraction of sp³-hybridized carbons (Fsp3) is 0.857. The van der Waals surface area contributed by atoms with Crippen molar-refractivity contribution in [2.24, 2.45) is 29.1 Å². The Kier molecular flexibility index (Phi) is 4.12. The van der Waals surface area contributed by atoms with Crippen LogP contribution in [0, 0.1) is 29.1 Å². The van der Waals surface area contributed by atoms with Gasteiger partial charge in [0.25, 0.3) is 0 Å². The quantitative estimate of drug-likeness (QED) is 0.630. The van der Waals surface area contributed by atoms with Crippen LogP contribution in [0.1, 0.15) is 58.3 Å². The number of carbonyl (C=O) groups excluding carboxylic acids is 1. The summed E-state index contributed by atoms with van der Waals surface area (Å²) in [4.78, 5) is 11.8. The summed E-state index contributed by atoms with van der Waals surface area (Å²) in [5.41, 5.74) is 1.91. The number of hydrogen-bond acceptors (Lipinski definition) is 2. The molecule has 0 aromatic carbocycles. The summed E-state index contributed by atoms with van der Waals surface area (Å²) in [6, 6.07) is 0. The number of ketones is 1. The molecule has 4 rings (SSSR count). The lowest BCUT2D eigenvalue weighted by Gasteiger charge is -2.54. The second-order valence-electron chi connectivity index (χ2n) is 10.1. The van der Waals surface area contributed by atoms with E-state index in [4.69, 9.17) is 4.43 Å². The van der Waals surface area contributed by atoms with Crippen molar-refractivity contribution in [3.63, 3.8) is 0 Å². The van der Waals surface area contributed by atoms with Crippen LogP contribution in [-0.4, -0.2) is 20.2 Å². The van der Waals surface area contributed by atoms with Gasteiger partial charge in [0.2, 0.25) is 0 Å². The minimum atomic E-state index is -1.47. The van der Waals surface area contributed by atoms with Crippen LogP contribution in [0.5, 0.6) is 0 Å². The maximum Gasteiger partial charge on any atom is 0.184 e. The predicted molar refractivity (Wildman–Crippen MR) is 100 cm³/mol. The van der Waals surface area contributed by atoms with E-state index in [2.05, 4.69) is 26.6 Å². The van der Waals surface area contributed by atoms with Gasteiger partial charge in [-0.1, -0.05) is 12.5 Å². The summed E-state index contributed by atoms with van der Waals surface area (Å²) in [6.07, 6.45) is 12.3. The van der Waals surface area contributed by atoms with Crippen LogP contribution in [0.25, 0.3) is 0 Å². The first-order valence-electron chi connectivity index (χ1n) is 10.2. The Morgan fingerprint density at radius 2 is 1.83 bits per heavy atom. The third-order valence-electron chi connectivity index (χ3n) is 7.71. The Labute approximate surface area is 148 Å². The van der Waals surface area contributed by atoms with Crippen LogP contribution < -0.4 is 0 Å². The minimum absolute atomic E-state index is 0.379. The predicted octanol–water partition coefficient (Wildman–Crippen LogP) is 5.35. The number of carbonyl (C=O) groups is 1. The largest absolute Gasteiger partial charge is 0.414 e. The highest BCUT2D eigenvalue weighted by molar-refractivity contribution is 6.69. The van der Waals surface area contributed by atoms with Gasteiger partial charge in [0.05, 0.1) is 6.10 Å². The van der Waals surface area contributed by atoms with E-state index < -0.39 is 8.32 Å². The molecule has 0 N–H and O–H groups in total. The number of rotatable bonds is 2. The molecular weight excluding hydrogens is 312 g/mol. The van der Waals surface area contributed by atoms with Gasteiger partial charge < -0.3 is 4.43 Å². The van der Waals surface area contributed by atoms with Gasteiger partial charge in [-0.3, -0.25) is 4.79 Å². The second kappa shape index (κ2) is 5.80. The van der Waals surface area contributed by atoms with E-state index in [-0.39, 0.29) is 0 Å². The van der Waals surface area contributed by atoms with Gasteiger partial charge in [0.15, 0.2) is 14.1 Å². The molecule has 2 nitrogen and oxygen atoms in total. The zero-order valence-electron chi connectivity index (χ0n) is 15.9. The highest BCUT2D eigenvalue weighted by atomic mass is 28.4. The van der Waals surface area contributed by atoms with Gasteiger partial charge in [-0.25, -0.2) is 0 Å². The van der Waals surface area contributed by atoms with Crippen LogP contribution in [0.15, 0.2) is 11.6 Å². The molecule has 6 unspecified atom stereocenters. The Morgan fingerprint density at radius 3 is 2.58 bits per heavy atom. The van der Waals surface area contributed by atoms with Crippen LogP contribution in [0.2, 0.25) is 19.6 Å². The van der Waals surface area contributed by atoms with Crippen molar-refractivity contribution in [2.45, 2.75) is 84.0 Å². The van der Waals surface area contributed by atoms with Crippen molar-refractivity contribution >= 4 is 14.1 Å². The normalized spacial score (nSPS) is 45.2. The molecule has 3 heteroatoms. The molecule has 0 aromatic rings. The first-order chi connectivity index (χ1) is 11.3. The molecule has 0 radical (unpaired) electrons. The molecule has 24 heavy (non-hydrogen) atoms. The first-order valence-corrected chi connectivity index (χ1v) is 13.6. The van der Waals surface area contributed by atoms with E-state index in [1.54, 1.807) is 0 Å². The van der Waals surface area contributed by atoms with Gasteiger partial charge in [-0.05, 0) is 99.7 Å². The Bertz CT molecular complexity index is 561. The van der Waals surface area contributed by atoms with Crippen LogP contribution in [-0.2, 0) is 9.22 Å². The van der Waals surface area contributed by atoms with Crippen molar-refractivity contribution in [3.8, 4) is 0 Å². The van der Waals surface area contributed by atoms with Crippen molar-refractivity contribution < 1.29 is 9.22 Å². The molecule has 6 atom stereocenters. The summed E-state index contributed by atoms with van der Waals surface area (Å²) < 4.78 is 6.65. The topological polar surface area (TPSA) is 26.3 Å². The lowest BCUT2D eigenvalue weighted by molar-refractivity contribution is -0.116. The fourth-order valence-corrected chi connectivity index (χ4v) is 7.99. The Morgan fingerprint density at radius 1 is 1.04 bits per heavy atom. The van der Waals surface area contributed by atoms with Gasteiger partial charge in [-0.15, -0.1) is 0 Å². The molecule has 134 valence electrons. The third-order valence-corrected chi connectivity index (χ3v) is 8.70. The minimum Gasteiger partial charge on any atom is -0.414 e.